The number of hydrogen-bond acceptors (Lipinski definition) is 5. The number of ketones is 2. The molecule has 26 heavy (non-hydrogen) atoms. The van der Waals surface area contributed by atoms with Gasteiger partial charge in [-0.3, -0.25) is 9.59 Å². The standard InChI is InChI=1S/C21H32O5/c1-19-7-5-13(23)9-12(19)3-4-14-15-6-8-21(26,17(25)11-22)20(15,2)10-16(24)18(14)19/h12,14-16,18,22,24,26H,3-11H2,1-2H3/t12-,14-,15+,16+,18+,19-,20-,21-/m0/s1. The highest BCUT2D eigenvalue weighted by Crippen LogP contribution is 2.68. The van der Waals surface area contributed by atoms with Crippen LogP contribution in [0.4, 0.5) is 0 Å². The molecule has 0 aliphatic heterocycles. The van der Waals surface area contributed by atoms with Gasteiger partial charge in [0.05, 0.1) is 6.10 Å². The van der Waals surface area contributed by atoms with E-state index >= 15 is 0 Å². The summed E-state index contributed by atoms with van der Waals surface area (Å²) in [5, 5.41) is 31.8. The van der Waals surface area contributed by atoms with Gasteiger partial charge in [-0.05, 0) is 67.6 Å². The molecule has 0 radical (unpaired) electrons. The number of rotatable bonds is 2. The second-order valence-corrected chi connectivity index (χ2v) is 9.99. The lowest BCUT2D eigenvalue weighted by Gasteiger charge is -2.62. The summed E-state index contributed by atoms with van der Waals surface area (Å²) in [6, 6.07) is 0. The van der Waals surface area contributed by atoms with Gasteiger partial charge in [0.1, 0.15) is 18.0 Å². The highest BCUT2D eigenvalue weighted by Gasteiger charge is 2.68. The molecule has 0 saturated heterocycles. The van der Waals surface area contributed by atoms with Gasteiger partial charge >= 0.3 is 0 Å². The molecular weight excluding hydrogens is 332 g/mol. The zero-order chi connectivity index (χ0) is 18.9. The molecule has 4 rings (SSSR count). The summed E-state index contributed by atoms with van der Waals surface area (Å²) in [6.07, 6.45) is 5.02. The first-order valence-electron chi connectivity index (χ1n) is 10.2. The number of carbonyl (C=O) groups excluding carboxylic acids is 2. The van der Waals surface area contributed by atoms with E-state index < -0.39 is 29.5 Å². The van der Waals surface area contributed by atoms with Gasteiger partial charge in [-0.25, -0.2) is 0 Å². The third kappa shape index (κ3) is 2.20. The Kier molecular flexibility index (Phi) is 4.18. The molecule has 0 bridgehead atoms. The molecule has 146 valence electrons. The van der Waals surface area contributed by atoms with E-state index in [1.807, 2.05) is 6.92 Å². The van der Waals surface area contributed by atoms with Crippen molar-refractivity contribution in [3.8, 4) is 0 Å². The Hall–Kier alpha value is -0.780. The van der Waals surface area contributed by atoms with Crippen molar-refractivity contribution < 1.29 is 24.9 Å². The van der Waals surface area contributed by atoms with Crippen molar-refractivity contribution in [3.63, 3.8) is 0 Å². The monoisotopic (exact) mass is 364 g/mol. The van der Waals surface area contributed by atoms with E-state index in [2.05, 4.69) is 6.92 Å². The molecule has 0 aromatic heterocycles. The van der Waals surface area contributed by atoms with Crippen molar-refractivity contribution in [1.82, 2.24) is 0 Å². The molecule has 4 fully saturated rings. The molecule has 4 aliphatic rings. The number of hydrogen-bond donors (Lipinski definition) is 3. The quantitative estimate of drug-likeness (QED) is 0.695. The molecule has 4 saturated carbocycles. The first-order chi connectivity index (χ1) is 12.2. The fourth-order valence-electron chi connectivity index (χ4n) is 7.76. The van der Waals surface area contributed by atoms with Crippen molar-refractivity contribution in [2.24, 2.45) is 34.5 Å². The van der Waals surface area contributed by atoms with Crippen LogP contribution >= 0.6 is 0 Å². The fourth-order valence-corrected chi connectivity index (χ4v) is 7.76. The van der Waals surface area contributed by atoms with Crippen LogP contribution in [-0.2, 0) is 9.59 Å². The van der Waals surface area contributed by atoms with Crippen molar-refractivity contribution in [1.29, 1.82) is 0 Å². The van der Waals surface area contributed by atoms with Gasteiger partial charge in [0, 0.05) is 18.3 Å². The van der Waals surface area contributed by atoms with Crippen molar-refractivity contribution >= 4 is 11.6 Å². The summed E-state index contributed by atoms with van der Waals surface area (Å²) in [5.74, 6) is 0.800. The van der Waals surface area contributed by atoms with E-state index in [0.29, 0.717) is 37.4 Å². The molecule has 0 aromatic rings. The highest BCUT2D eigenvalue weighted by molar-refractivity contribution is 5.89. The maximum atomic E-state index is 12.4. The molecule has 0 heterocycles. The Morgan fingerprint density at radius 1 is 1.19 bits per heavy atom. The molecular formula is C21H32O5. The molecule has 0 unspecified atom stereocenters. The van der Waals surface area contributed by atoms with Gasteiger partial charge < -0.3 is 15.3 Å². The third-order valence-electron chi connectivity index (χ3n) is 9.17. The molecule has 5 nitrogen and oxygen atoms in total. The summed E-state index contributed by atoms with van der Waals surface area (Å²) in [7, 11) is 0. The molecule has 0 spiro atoms. The van der Waals surface area contributed by atoms with Crippen molar-refractivity contribution in [2.75, 3.05) is 6.61 Å². The van der Waals surface area contributed by atoms with E-state index in [4.69, 9.17) is 0 Å². The van der Waals surface area contributed by atoms with E-state index in [1.54, 1.807) is 0 Å². The Morgan fingerprint density at radius 3 is 2.62 bits per heavy atom. The topological polar surface area (TPSA) is 94.8 Å². The van der Waals surface area contributed by atoms with Crippen LogP contribution in [0, 0.1) is 34.5 Å². The molecule has 5 heteroatoms. The minimum absolute atomic E-state index is 0.0285. The van der Waals surface area contributed by atoms with Gasteiger partial charge in [-0.15, -0.1) is 0 Å². The maximum Gasteiger partial charge on any atom is 0.190 e. The highest BCUT2D eigenvalue weighted by atomic mass is 16.3. The Bertz CT molecular complexity index is 632. The third-order valence-corrected chi connectivity index (χ3v) is 9.17. The second kappa shape index (κ2) is 5.86. The average molecular weight is 364 g/mol. The molecule has 0 aromatic carbocycles. The van der Waals surface area contributed by atoms with E-state index in [0.717, 1.165) is 25.7 Å². The minimum Gasteiger partial charge on any atom is -0.393 e. The number of carbonyl (C=O) groups is 2. The number of aliphatic hydroxyl groups excluding tert-OH is 2. The lowest BCUT2D eigenvalue weighted by molar-refractivity contribution is -0.198. The zero-order valence-corrected chi connectivity index (χ0v) is 15.9. The van der Waals surface area contributed by atoms with Crippen LogP contribution in [0.25, 0.3) is 0 Å². The van der Waals surface area contributed by atoms with E-state index in [1.165, 1.54) is 0 Å². The van der Waals surface area contributed by atoms with Gasteiger partial charge in [-0.2, -0.15) is 0 Å². The van der Waals surface area contributed by atoms with Crippen LogP contribution in [0.1, 0.15) is 65.2 Å². The summed E-state index contributed by atoms with van der Waals surface area (Å²) >= 11 is 0. The van der Waals surface area contributed by atoms with Crippen molar-refractivity contribution in [3.05, 3.63) is 0 Å². The lowest BCUT2D eigenvalue weighted by atomic mass is 9.43. The van der Waals surface area contributed by atoms with Crippen LogP contribution in [0.2, 0.25) is 0 Å². The molecule has 8 atom stereocenters. The molecule has 0 amide bonds. The molecule has 3 N–H and O–H groups in total. The van der Waals surface area contributed by atoms with Crippen LogP contribution in [0.15, 0.2) is 0 Å². The number of fused-ring (bicyclic) bond motifs is 5. The fraction of sp³-hybridized carbons (Fsp3) is 0.905. The Morgan fingerprint density at radius 2 is 1.92 bits per heavy atom. The van der Waals surface area contributed by atoms with Gasteiger partial charge in [-0.1, -0.05) is 13.8 Å². The normalized spacial score (nSPS) is 53.6. The van der Waals surface area contributed by atoms with Crippen LogP contribution < -0.4 is 0 Å². The van der Waals surface area contributed by atoms with E-state index in [-0.39, 0.29) is 23.2 Å². The molecule has 4 aliphatic carbocycles. The van der Waals surface area contributed by atoms with Gasteiger partial charge in [0.25, 0.3) is 0 Å². The van der Waals surface area contributed by atoms with Crippen molar-refractivity contribution in [2.45, 2.75) is 76.9 Å². The predicted molar refractivity (Wildman–Crippen MR) is 95.2 cm³/mol. The predicted octanol–water partition coefficient (Wildman–Crippen LogP) is 1.86. The largest absolute Gasteiger partial charge is 0.393 e. The zero-order valence-electron chi connectivity index (χ0n) is 15.9. The minimum atomic E-state index is -1.53. The first-order valence-corrected chi connectivity index (χ1v) is 10.2. The summed E-state index contributed by atoms with van der Waals surface area (Å²) < 4.78 is 0. The van der Waals surface area contributed by atoms with Crippen LogP contribution in [0.5, 0.6) is 0 Å². The second-order valence-electron chi connectivity index (χ2n) is 9.99. The lowest BCUT2D eigenvalue weighted by Crippen LogP contribution is -2.63. The van der Waals surface area contributed by atoms with Crippen LogP contribution in [-0.4, -0.2) is 45.2 Å². The summed E-state index contributed by atoms with van der Waals surface area (Å²) in [6.45, 7) is 3.55. The number of Topliss-reactive ketones (excluding diaryl/α,β-unsaturated/α-hetero) is 2. The SMILES string of the molecule is C[C@]12CCC(=O)C[C@@H]1CC[C@@H]1[C@@H]2[C@H](O)C[C@@]2(C)[C@@H]1CC[C@]2(O)C(=O)CO. The van der Waals surface area contributed by atoms with Gasteiger partial charge in [0.15, 0.2) is 5.78 Å². The number of aliphatic hydroxyl groups is 3. The van der Waals surface area contributed by atoms with E-state index in [9.17, 15) is 24.9 Å². The van der Waals surface area contributed by atoms with Gasteiger partial charge in [0.2, 0.25) is 0 Å². The maximum absolute atomic E-state index is 12.4. The summed E-state index contributed by atoms with van der Waals surface area (Å²) in [5.41, 5.74) is -2.24. The van der Waals surface area contributed by atoms with Crippen LogP contribution in [0.3, 0.4) is 0 Å². The first kappa shape index (κ1) is 18.6. The Balaban J connectivity index is 1.70. The average Bonchev–Trinajstić information content (AvgIpc) is 2.86. The summed E-state index contributed by atoms with van der Waals surface area (Å²) in [4.78, 5) is 24.3. The smallest absolute Gasteiger partial charge is 0.190 e. The Labute approximate surface area is 155 Å².